The van der Waals surface area contributed by atoms with Crippen LogP contribution in [0.3, 0.4) is 0 Å². The van der Waals surface area contributed by atoms with Crippen LogP contribution in [0.5, 0.6) is 0 Å². The Morgan fingerprint density at radius 2 is 1.53 bits per heavy atom. The zero-order valence-corrected chi connectivity index (χ0v) is 10.1. The standard InChI is InChI=1S/C10H8N2O6S/c13-8-7(9(14)12-10(15)11-8)5-3-1-2-4-6(5)19(16,17)18/h1-4,7H,(H,16,17,18)(H2,11,12,13,14,15). The molecular weight excluding hydrogens is 276 g/mol. The highest BCUT2D eigenvalue weighted by molar-refractivity contribution is 7.85. The minimum atomic E-state index is -4.59. The Morgan fingerprint density at radius 1 is 1.00 bits per heavy atom. The zero-order chi connectivity index (χ0) is 14.2. The second kappa shape index (κ2) is 4.44. The summed E-state index contributed by atoms with van der Waals surface area (Å²) >= 11 is 0. The van der Waals surface area contributed by atoms with Gasteiger partial charge in [-0.25, -0.2) is 4.79 Å². The molecule has 0 radical (unpaired) electrons. The third-order valence-corrected chi connectivity index (χ3v) is 3.43. The average molecular weight is 284 g/mol. The van der Waals surface area contributed by atoms with E-state index in [0.29, 0.717) is 0 Å². The number of amides is 4. The molecule has 0 spiro atoms. The third-order valence-electron chi connectivity index (χ3n) is 2.51. The van der Waals surface area contributed by atoms with E-state index in [2.05, 4.69) is 0 Å². The maximum atomic E-state index is 11.6. The number of hydrogen-bond donors (Lipinski definition) is 3. The molecule has 3 N–H and O–H groups in total. The molecule has 0 unspecified atom stereocenters. The molecule has 0 aromatic heterocycles. The molecule has 2 rings (SSSR count). The molecule has 0 atom stereocenters. The highest BCUT2D eigenvalue weighted by Crippen LogP contribution is 2.25. The van der Waals surface area contributed by atoms with E-state index in [-0.39, 0.29) is 5.56 Å². The van der Waals surface area contributed by atoms with Crippen molar-refractivity contribution < 1.29 is 27.4 Å². The number of barbiturate groups is 1. The number of carbonyl (C=O) groups is 3. The summed E-state index contributed by atoms with van der Waals surface area (Å²) < 4.78 is 31.5. The maximum absolute atomic E-state index is 11.6. The number of carbonyl (C=O) groups excluding carboxylic acids is 3. The first-order valence-electron chi connectivity index (χ1n) is 5.03. The summed E-state index contributed by atoms with van der Waals surface area (Å²) in [5.41, 5.74) is -0.201. The van der Waals surface area contributed by atoms with Crippen molar-refractivity contribution in [3.05, 3.63) is 29.8 Å². The van der Waals surface area contributed by atoms with Gasteiger partial charge in [0.1, 0.15) is 5.92 Å². The molecule has 1 aliphatic rings. The molecule has 1 aromatic carbocycles. The van der Waals surface area contributed by atoms with Gasteiger partial charge in [0.05, 0.1) is 4.90 Å². The van der Waals surface area contributed by atoms with Gasteiger partial charge in [-0.3, -0.25) is 24.8 Å². The molecule has 100 valence electrons. The molecule has 1 aliphatic heterocycles. The number of hydrogen-bond acceptors (Lipinski definition) is 5. The summed E-state index contributed by atoms with van der Waals surface area (Å²) in [5.74, 6) is -3.43. The highest BCUT2D eigenvalue weighted by Gasteiger charge is 2.38. The van der Waals surface area contributed by atoms with E-state index in [9.17, 15) is 22.8 Å². The molecule has 0 aliphatic carbocycles. The summed E-state index contributed by atoms with van der Waals surface area (Å²) in [7, 11) is -4.59. The van der Waals surface area contributed by atoms with Gasteiger partial charge >= 0.3 is 6.03 Å². The first-order chi connectivity index (χ1) is 8.80. The van der Waals surface area contributed by atoms with E-state index in [0.717, 1.165) is 6.07 Å². The molecule has 0 bridgehead atoms. The monoisotopic (exact) mass is 284 g/mol. The van der Waals surface area contributed by atoms with Crippen LogP contribution in [0.4, 0.5) is 4.79 Å². The lowest BCUT2D eigenvalue weighted by atomic mass is 9.96. The molecule has 19 heavy (non-hydrogen) atoms. The van der Waals surface area contributed by atoms with Gasteiger partial charge in [0.15, 0.2) is 0 Å². The van der Waals surface area contributed by atoms with E-state index >= 15 is 0 Å². The van der Waals surface area contributed by atoms with Gasteiger partial charge in [0.25, 0.3) is 10.1 Å². The fourth-order valence-corrected chi connectivity index (χ4v) is 2.49. The van der Waals surface area contributed by atoms with Gasteiger partial charge in [-0.15, -0.1) is 0 Å². The summed E-state index contributed by atoms with van der Waals surface area (Å²) in [6.07, 6.45) is 0. The normalized spacial score (nSPS) is 17.0. The largest absolute Gasteiger partial charge is 0.328 e. The van der Waals surface area contributed by atoms with E-state index in [1.165, 1.54) is 18.2 Å². The highest BCUT2D eigenvalue weighted by atomic mass is 32.2. The van der Waals surface area contributed by atoms with Gasteiger partial charge in [0, 0.05) is 0 Å². The Bertz CT molecular complexity index is 661. The quantitative estimate of drug-likeness (QED) is 0.490. The zero-order valence-electron chi connectivity index (χ0n) is 9.28. The van der Waals surface area contributed by atoms with Crippen molar-refractivity contribution >= 4 is 28.0 Å². The predicted octanol–water partition coefficient (Wildman–Crippen LogP) is -0.617. The molecule has 8 nitrogen and oxygen atoms in total. The summed E-state index contributed by atoms with van der Waals surface area (Å²) in [5, 5.41) is 3.70. The average Bonchev–Trinajstić information content (AvgIpc) is 2.26. The lowest BCUT2D eigenvalue weighted by molar-refractivity contribution is -0.132. The minimum absolute atomic E-state index is 0.201. The fourth-order valence-electron chi connectivity index (χ4n) is 1.75. The van der Waals surface area contributed by atoms with E-state index in [4.69, 9.17) is 4.55 Å². The van der Waals surface area contributed by atoms with Gasteiger partial charge in [-0.2, -0.15) is 8.42 Å². The van der Waals surface area contributed by atoms with Crippen LogP contribution in [0.25, 0.3) is 0 Å². The van der Waals surface area contributed by atoms with Crippen LogP contribution in [0.1, 0.15) is 11.5 Å². The summed E-state index contributed by atoms with van der Waals surface area (Å²) in [6.45, 7) is 0. The molecule has 0 saturated carbocycles. The van der Waals surface area contributed by atoms with E-state index in [1.807, 2.05) is 10.6 Å². The van der Waals surface area contributed by atoms with Gasteiger partial charge in [-0.1, -0.05) is 18.2 Å². The summed E-state index contributed by atoms with van der Waals surface area (Å²) in [6, 6.07) is 4.03. The van der Waals surface area contributed by atoms with Crippen molar-refractivity contribution in [1.82, 2.24) is 10.6 Å². The van der Waals surface area contributed by atoms with Gasteiger partial charge in [0.2, 0.25) is 11.8 Å². The first-order valence-corrected chi connectivity index (χ1v) is 6.47. The SMILES string of the molecule is O=C1NC(=O)C(c2ccccc2S(=O)(=O)O)C(=O)N1. The van der Waals surface area contributed by atoms with Crippen LogP contribution in [-0.4, -0.2) is 30.8 Å². The number of rotatable bonds is 2. The fraction of sp³-hybridized carbons (Fsp3) is 0.100. The second-order valence-electron chi connectivity index (χ2n) is 3.75. The lowest BCUT2D eigenvalue weighted by Crippen LogP contribution is -2.54. The second-order valence-corrected chi connectivity index (χ2v) is 5.14. The van der Waals surface area contributed by atoms with Crippen LogP contribution in [-0.2, 0) is 19.7 Å². The smallest absolute Gasteiger partial charge is 0.282 e. The molecule has 1 saturated heterocycles. The third kappa shape index (κ3) is 2.46. The van der Waals surface area contributed by atoms with Crippen LogP contribution >= 0.6 is 0 Å². The van der Waals surface area contributed by atoms with Crippen molar-refractivity contribution in [1.29, 1.82) is 0 Å². The molecule has 4 amide bonds. The van der Waals surface area contributed by atoms with Crippen LogP contribution < -0.4 is 10.6 Å². The Morgan fingerprint density at radius 3 is 2.05 bits per heavy atom. The molecule has 1 fully saturated rings. The topological polar surface area (TPSA) is 130 Å². The number of urea groups is 1. The maximum Gasteiger partial charge on any atom is 0.328 e. The van der Waals surface area contributed by atoms with Crippen molar-refractivity contribution in [2.45, 2.75) is 10.8 Å². The minimum Gasteiger partial charge on any atom is -0.282 e. The van der Waals surface area contributed by atoms with Crippen LogP contribution in [0.15, 0.2) is 29.2 Å². The van der Waals surface area contributed by atoms with E-state index in [1.54, 1.807) is 0 Å². The molecule has 1 aromatic rings. The van der Waals surface area contributed by atoms with Gasteiger partial charge in [-0.05, 0) is 11.6 Å². The van der Waals surface area contributed by atoms with Crippen molar-refractivity contribution in [3.8, 4) is 0 Å². The van der Waals surface area contributed by atoms with Crippen molar-refractivity contribution in [2.24, 2.45) is 0 Å². The Labute approximate surface area is 107 Å². The first kappa shape index (κ1) is 13.2. The van der Waals surface area contributed by atoms with E-state index < -0.39 is 38.8 Å². The van der Waals surface area contributed by atoms with Crippen molar-refractivity contribution in [3.63, 3.8) is 0 Å². The van der Waals surface area contributed by atoms with Gasteiger partial charge < -0.3 is 0 Å². The summed E-state index contributed by atoms with van der Waals surface area (Å²) in [4.78, 5) is 33.6. The number of imide groups is 2. The lowest BCUT2D eigenvalue weighted by Gasteiger charge is -2.21. The molecule has 1 heterocycles. The Hall–Kier alpha value is -2.26. The molecule has 9 heteroatoms. The van der Waals surface area contributed by atoms with Crippen LogP contribution in [0, 0.1) is 0 Å². The molecular formula is C10H8N2O6S. The van der Waals surface area contributed by atoms with Crippen molar-refractivity contribution in [2.75, 3.05) is 0 Å². The number of nitrogens with one attached hydrogen (secondary N) is 2. The Kier molecular flexibility index (Phi) is 3.08. The predicted molar refractivity (Wildman–Crippen MR) is 60.7 cm³/mol. The number of benzene rings is 1. The van der Waals surface area contributed by atoms with Crippen LogP contribution in [0.2, 0.25) is 0 Å². The Balaban J connectivity index is 2.56.